The normalized spacial score (nSPS) is 14.8. The molecule has 29 heavy (non-hydrogen) atoms. The molecule has 3 N–H and O–H groups in total. The minimum absolute atomic E-state index is 0. The van der Waals surface area contributed by atoms with E-state index < -0.39 is 0 Å². The summed E-state index contributed by atoms with van der Waals surface area (Å²) >= 11 is 6.28. The third kappa shape index (κ3) is 7.61. The van der Waals surface area contributed by atoms with Crippen LogP contribution in [0.3, 0.4) is 0 Å². The number of likely N-dealkylation sites (tertiary alicyclic amines) is 1. The Labute approximate surface area is 194 Å². The van der Waals surface area contributed by atoms with Gasteiger partial charge in [0.25, 0.3) is 0 Å². The molecule has 10 heteroatoms. The second-order valence-corrected chi connectivity index (χ2v) is 6.76. The molecule has 1 aromatic rings. The van der Waals surface area contributed by atoms with E-state index in [1.54, 1.807) is 25.0 Å². The maximum atomic E-state index is 11.7. The van der Waals surface area contributed by atoms with Gasteiger partial charge in [-0.05, 0) is 44.4 Å². The number of carbonyl (C=O) groups is 1. The third-order valence-electron chi connectivity index (χ3n) is 4.38. The molecule has 1 aliphatic heterocycles. The molecule has 2 rings (SSSR count). The van der Waals surface area contributed by atoms with Gasteiger partial charge in [0.2, 0.25) is 0 Å². The lowest BCUT2D eigenvalue weighted by Gasteiger charge is -2.31. The standard InChI is InChI=1S/C19H29ClN4O4.HI/c1-4-27-17-15(20)10-13(11-16(17)26-3)12-22-18(21)23-14-6-8-24(9-7-14)19(25)28-5-2;/h10-11,14H,4-9,12H2,1-3H3,(H3,21,22,23);1H. The van der Waals surface area contributed by atoms with E-state index >= 15 is 0 Å². The minimum Gasteiger partial charge on any atom is -0.493 e. The van der Waals surface area contributed by atoms with Crippen LogP contribution in [0.4, 0.5) is 4.79 Å². The maximum Gasteiger partial charge on any atom is 0.409 e. The first-order valence-electron chi connectivity index (χ1n) is 9.45. The van der Waals surface area contributed by atoms with Crippen molar-refractivity contribution >= 4 is 47.6 Å². The predicted octanol–water partition coefficient (Wildman–Crippen LogP) is 3.39. The summed E-state index contributed by atoms with van der Waals surface area (Å²) in [6, 6.07) is 3.81. The van der Waals surface area contributed by atoms with Gasteiger partial charge >= 0.3 is 6.09 Å². The van der Waals surface area contributed by atoms with Gasteiger partial charge in [0.1, 0.15) is 0 Å². The van der Waals surface area contributed by atoms with E-state index in [1.165, 1.54) is 0 Å². The summed E-state index contributed by atoms with van der Waals surface area (Å²) < 4.78 is 15.9. The summed E-state index contributed by atoms with van der Waals surface area (Å²) in [7, 11) is 1.57. The van der Waals surface area contributed by atoms with E-state index in [9.17, 15) is 4.79 Å². The number of amides is 1. The Morgan fingerprint density at radius 1 is 1.31 bits per heavy atom. The van der Waals surface area contributed by atoms with Gasteiger partial charge in [-0.2, -0.15) is 0 Å². The van der Waals surface area contributed by atoms with Gasteiger partial charge in [-0.15, -0.1) is 24.0 Å². The Hall–Kier alpha value is -1.62. The molecule has 1 aromatic carbocycles. The van der Waals surface area contributed by atoms with Gasteiger partial charge in [0, 0.05) is 19.1 Å². The Bertz CT molecular complexity index is 697. The molecule has 0 bridgehead atoms. The number of hydrogen-bond acceptors (Lipinski definition) is 5. The fourth-order valence-corrected chi connectivity index (χ4v) is 3.29. The number of aliphatic imine (C=N–C) groups is 1. The zero-order valence-corrected chi connectivity index (χ0v) is 20.2. The smallest absolute Gasteiger partial charge is 0.409 e. The number of halogens is 2. The fraction of sp³-hybridized carbons (Fsp3) is 0.579. The number of methoxy groups -OCH3 is 1. The molecule has 1 aliphatic rings. The van der Waals surface area contributed by atoms with Gasteiger partial charge in [-0.3, -0.25) is 0 Å². The van der Waals surface area contributed by atoms with Crippen molar-refractivity contribution in [2.24, 2.45) is 10.7 Å². The Balaban J connectivity index is 0.00000420. The SMILES string of the molecule is CCOC(=O)N1CCC(NC(N)=NCc2cc(Cl)c(OCC)c(OC)c2)CC1.I. The lowest BCUT2D eigenvalue weighted by molar-refractivity contribution is 0.0963. The number of piperidine rings is 1. The minimum atomic E-state index is -0.260. The first kappa shape index (κ1) is 25.4. The number of hydrogen-bond donors (Lipinski definition) is 2. The third-order valence-corrected chi connectivity index (χ3v) is 4.66. The average molecular weight is 541 g/mol. The van der Waals surface area contributed by atoms with E-state index in [0.717, 1.165) is 18.4 Å². The summed E-state index contributed by atoms with van der Waals surface area (Å²) in [5.41, 5.74) is 6.89. The summed E-state index contributed by atoms with van der Waals surface area (Å²) in [5.74, 6) is 1.45. The number of nitrogens with two attached hydrogens (primary N) is 1. The molecule has 0 radical (unpaired) electrons. The molecule has 0 atom stereocenters. The van der Waals surface area contributed by atoms with Crippen LogP contribution in [-0.4, -0.2) is 56.4 Å². The van der Waals surface area contributed by atoms with Crippen molar-refractivity contribution < 1.29 is 19.0 Å². The summed E-state index contributed by atoms with van der Waals surface area (Å²) in [6.45, 7) is 6.21. The van der Waals surface area contributed by atoms with Crippen LogP contribution >= 0.6 is 35.6 Å². The molecule has 1 saturated heterocycles. The Morgan fingerprint density at radius 2 is 2.00 bits per heavy atom. The van der Waals surface area contributed by atoms with Crippen LogP contribution in [0.2, 0.25) is 5.02 Å². The number of benzene rings is 1. The molecule has 1 heterocycles. The van der Waals surface area contributed by atoms with Crippen molar-refractivity contribution in [3.63, 3.8) is 0 Å². The molecule has 1 amide bonds. The van der Waals surface area contributed by atoms with Gasteiger partial charge in [0.05, 0.1) is 31.9 Å². The second kappa shape index (κ2) is 12.8. The molecular formula is C19H30ClIN4O4. The van der Waals surface area contributed by atoms with Gasteiger partial charge in [-0.1, -0.05) is 11.6 Å². The zero-order chi connectivity index (χ0) is 20.5. The van der Waals surface area contributed by atoms with Gasteiger partial charge in [-0.25, -0.2) is 9.79 Å². The number of nitrogens with one attached hydrogen (secondary N) is 1. The van der Waals surface area contributed by atoms with Crippen LogP contribution in [0.15, 0.2) is 17.1 Å². The number of carbonyl (C=O) groups excluding carboxylic acids is 1. The zero-order valence-electron chi connectivity index (χ0n) is 17.1. The number of rotatable bonds is 7. The molecule has 0 saturated carbocycles. The van der Waals surface area contributed by atoms with E-state index in [1.807, 2.05) is 13.0 Å². The predicted molar refractivity (Wildman–Crippen MR) is 125 cm³/mol. The van der Waals surface area contributed by atoms with Crippen molar-refractivity contribution in [2.45, 2.75) is 39.3 Å². The maximum absolute atomic E-state index is 11.7. The molecule has 0 spiro atoms. The van der Waals surface area contributed by atoms with Crippen LogP contribution in [0.25, 0.3) is 0 Å². The van der Waals surface area contributed by atoms with Crippen molar-refractivity contribution in [2.75, 3.05) is 33.4 Å². The van der Waals surface area contributed by atoms with Crippen LogP contribution in [0.5, 0.6) is 11.5 Å². The van der Waals surface area contributed by atoms with Gasteiger partial charge < -0.3 is 30.2 Å². The summed E-state index contributed by atoms with van der Waals surface area (Å²) in [5, 5.41) is 3.69. The van der Waals surface area contributed by atoms with E-state index in [2.05, 4.69) is 10.3 Å². The molecule has 0 aromatic heterocycles. The highest BCUT2D eigenvalue weighted by Gasteiger charge is 2.23. The van der Waals surface area contributed by atoms with Gasteiger partial charge in [0.15, 0.2) is 17.5 Å². The molecule has 8 nitrogen and oxygen atoms in total. The molecule has 164 valence electrons. The molecule has 0 unspecified atom stereocenters. The highest BCUT2D eigenvalue weighted by atomic mass is 127. The fourth-order valence-electron chi connectivity index (χ4n) is 3.00. The molecular weight excluding hydrogens is 511 g/mol. The van der Waals surface area contributed by atoms with Crippen LogP contribution in [-0.2, 0) is 11.3 Å². The number of ether oxygens (including phenoxy) is 3. The summed E-state index contributed by atoms with van der Waals surface area (Å²) in [6.07, 6.45) is 1.32. The van der Waals surface area contributed by atoms with Crippen molar-refractivity contribution in [3.05, 3.63) is 22.7 Å². The van der Waals surface area contributed by atoms with Crippen molar-refractivity contribution in [1.82, 2.24) is 10.2 Å². The number of guanidine groups is 1. The largest absolute Gasteiger partial charge is 0.493 e. The highest BCUT2D eigenvalue weighted by Crippen LogP contribution is 2.36. The Kier molecular flexibility index (Phi) is 11.3. The van der Waals surface area contributed by atoms with Crippen molar-refractivity contribution in [3.8, 4) is 11.5 Å². The van der Waals surface area contributed by atoms with E-state index in [4.69, 9.17) is 31.5 Å². The van der Waals surface area contributed by atoms with Crippen LogP contribution in [0.1, 0.15) is 32.3 Å². The average Bonchev–Trinajstić information content (AvgIpc) is 2.69. The first-order valence-corrected chi connectivity index (χ1v) is 9.83. The quantitative estimate of drug-likeness (QED) is 0.313. The molecule has 1 fully saturated rings. The first-order chi connectivity index (χ1) is 13.5. The van der Waals surface area contributed by atoms with Crippen molar-refractivity contribution in [1.29, 1.82) is 0 Å². The number of nitrogens with zero attached hydrogens (tertiary/aromatic N) is 2. The highest BCUT2D eigenvalue weighted by molar-refractivity contribution is 14.0. The van der Waals surface area contributed by atoms with Crippen LogP contribution in [0, 0.1) is 0 Å². The summed E-state index contributed by atoms with van der Waals surface area (Å²) in [4.78, 5) is 17.8. The second-order valence-electron chi connectivity index (χ2n) is 6.35. The lowest BCUT2D eigenvalue weighted by Crippen LogP contribution is -2.48. The van der Waals surface area contributed by atoms with E-state index in [0.29, 0.717) is 55.3 Å². The topological polar surface area (TPSA) is 98.4 Å². The Morgan fingerprint density at radius 3 is 2.59 bits per heavy atom. The van der Waals surface area contributed by atoms with E-state index in [-0.39, 0.29) is 36.1 Å². The monoisotopic (exact) mass is 540 g/mol. The van der Waals surface area contributed by atoms with Crippen LogP contribution < -0.4 is 20.5 Å². The lowest BCUT2D eigenvalue weighted by atomic mass is 10.1. The molecule has 0 aliphatic carbocycles.